The maximum absolute atomic E-state index is 6.06. The van der Waals surface area contributed by atoms with Crippen LogP contribution in [0.2, 0.25) is 0 Å². The number of hydrogen-bond acceptors (Lipinski definition) is 2. The fraction of sp³-hybridized carbons (Fsp3) is 1.00. The SMILES string of the molecule is CCCCCC(NCC)C1CCOC2(CCC2)C1. The Labute approximate surface area is 113 Å². The fourth-order valence-corrected chi connectivity index (χ4v) is 3.71. The van der Waals surface area contributed by atoms with Crippen LogP contribution in [0.15, 0.2) is 0 Å². The molecule has 0 radical (unpaired) electrons. The van der Waals surface area contributed by atoms with Gasteiger partial charge >= 0.3 is 0 Å². The first-order chi connectivity index (χ1) is 8.79. The molecule has 1 aliphatic heterocycles. The van der Waals surface area contributed by atoms with E-state index in [1.54, 1.807) is 0 Å². The van der Waals surface area contributed by atoms with Gasteiger partial charge in [0.1, 0.15) is 0 Å². The van der Waals surface area contributed by atoms with Gasteiger partial charge in [-0.05, 0) is 51.0 Å². The molecular weight excluding hydrogens is 222 g/mol. The third kappa shape index (κ3) is 3.48. The number of ether oxygens (including phenoxy) is 1. The van der Waals surface area contributed by atoms with E-state index in [9.17, 15) is 0 Å². The molecule has 0 aromatic carbocycles. The summed E-state index contributed by atoms with van der Waals surface area (Å²) in [7, 11) is 0. The molecule has 2 unspecified atom stereocenters. The van der Waals surface area contributed by atoms with Crippen LogP contribution in [0.25, 0.3) is 0 Å². The summed E-state index contributed by atoms with van der Waals surface area (Å²) < 4.78 is 6.06. The average molecular weight is 253 g/mol. The zero-order chi connectivity index (χ0) is 12.8. The molecule has 1 aliphatic carbocycles. The van der Waals surface area contributed by atoms with Crippen molar-refractivity contribution in [1.82, 2.24) is 5.32 Å². The van der Waals surface area contributed by atoms with Crippen LogP contribution in [0.4, 0.5) is 0 Å². The predicted molar refractivity (Wildman–Crippen MR) is 76.9 cm³/mol. The van der Waals surface area contributed by atoms with Crippen LogP contribution in [0.1, 0.15) is 71.6 Å². The Morgan fingerprint density at radius 1 is 1.28 bits per heavy atom. The average Bonchev–Trinajstić information content (AvgIpc) is 2.36. The molecule has 2 nitrogen and oxygen atoms in total. The van der Waals surface area contributed by atoms with Crippen LogP contribution in [0, 0.1) is 5.92 Å². The highest BCUT2D eigenvalue weighted by Crippen LogP contribution is 2.45. The van der Waals surface area contributed by atoms with Crippen molar-refractivity contribution in [3.63, 3.8) is 0 Å². The summed E-state index contributed by atoms with van der Waals surface area (Å²) in [5.74, 6) is 0.857. The lowest BCUT2D eigenvalue weighted by Gasteiger charge is -2.49. The minimum atomic E-state index is 0.307. The normalized spacial score (nSPS) is 28.0. The highest BCUT2D eigenvalue weighted by molar-refractivity contribution is 4.96. The molecule has 2 atom stereocenters. The zero-order valence-corrected chi connectivity index (χ0v) is 12.3. The Morgan fingerprint density at radius 3 is 2.72 bits per heavy atom. The molecule has 1 N–H and O–H groups in total. The second-order valence-electron chi connectivity index (χ2n) is 6.30. The van der Waals surface area contributed by atoms with Crippen molar-refractivity contribution >= 4 is 0 Å². The van der Waals surface area contributed by atoms with Crippen LogP contribution in [-0.2, 0) is 4.74 Å². The Kier molecular flexibility index (Phi) is 5.50. The molecule has 1 heterocycles. The minimum Gasteiger partial charge on any atom is -0.375 e. The molecule has 1 saturated heterocycles. The maximum Gasteiger partial charge on any atom is 0.0685 e. The molecule has 2 heteroatoms. The number of hydrogen-bond donors (Lipinski definition) is 1. The lowest BCUT2D eigenvalue weighted by Crippen LogP contribution is -2.50. The second kappa shape index (κ2) is 6.91. The van der Waals surface area contributed by atoms with Gasteiger partial charge in [0.2, 0.25) is 0 Å². The van der Waals surface area contributed by atoms with Crippen molar-refractivity contribution in [2.24, 2.45) is 5.92 Å². The van der Waals surface area contributed by atoms with E-state index in [1.165, 1.54) is 57.8 Å². The molecule has 0 aromatic heterocycles. The number of unbranched alkanes of at least 4 members (excludes halogenated alkanes) is 2. The van der Waals surface area contributed by atoms with Gasteiger partial charge in [-0.2, -0.15) is 0 Å². The fourth-order valence-electron chi connectivity index (χ4n) is 3.71. The predicted octanol–water partition coefficient (Wildman–Crippen LogP) is 3.89. The van der Waals surface area contributed by atoms with E-state index >= 15 is 0 Å². The topological polar surface area (TPSA) is 21.3 Å². The van der Waals surface area contributed by atoms with Gasteiger partial charge in [-0.15, -0.1) is 0 Å². The molecule has 0 bridgehead atoms. The Morgan fingerprint density at radius 2 is 2.11 bits per heavy atom. The van der Waals surface area contributed by atoms with Gasteiger partial charge in [0, 0.05) is 12.6 Å². The van der Waals surface area contributed by atoms with Gasteiger partial charge in [-0.3, -0.25) is 0 Å². The van der Waals surface area contributed by atoms with Crippen molar-refractivity contribution in [2.45, 2.75) is 83.3 Å². The third-order valence-electron chi connectivity index (χ3n) is 4.95. The Bertz CT molecular complexity index is 237. The molecule has 0 aromatic rings. The van der Waals surface area contributed by atoms with E-state index < -0.39 is 0 Å². The van der Waals surface area contributed by atoms with E-state index in [0.29, 0.717) is 5.60 Å². The molecular formula is C16H31NO. The van der Waals surface area contributed by atoms with Crippen LogP contribution in [0.5, 0.6) is 0 Å². The summed E-state index contributed by atoms with van der Waals surface area (Å²) in [4.78, 5) is 0. The van der Waals surface area contributed by atoms with Crippen molar-refractivity contribution in [3.05, 3.63) is 0 Å². The molecule has 2 rings (SSSR count). The number of nitrogens with one attached hydrogen (secondary N) is 1. The van der Waals surface area contributed by atoms with Gasteiger partial charge < -0.3 is 10.1 Å². The second-order valence-corrected chi connectivity index (χ2v) is 6.30. The van der Waals surface area contributed by atoms with E-state index in [1.807, 2.05) is 0 Å². The molecule has 106 valence electrons. The van der Waals surface area contributed by atoms with Crippen molar-refractivity contribution in [3.8, 4) is 0 Å². The highest BCUT2D eigenvalue weighted by Gasteiger charge is 2.43. The van der Waals surface area contributed by atoms with Gasteiger partial charge in [-0.1, -0.05) is 33.1 Å². The van der Waals surface area contributed by atoms with Gasteiger partial charge in [0.05, 0.1) is 5.60 Å². The molecule has 1 saturated carbocycles. The smallest absolute Gasteiger partial charge is 0.0685 e. The van der Waals surface area contributed by atoms with E-state index in [2.05, 4.69) is 19.2 Å². The summed E-state index contributed by atoms with van der Waals surface area (Å²) in [5.41, 5.74) is 0.307. The first-order valence-electron chi connectivity index (χ1n) is 8.17. The van der Waals surface area contributed by atoms with Crippen molar-refractivity contribution < 1.29 is 4.74 Å². The van der Waals surface area contributed by atoms with Gasteiger partial charge in [0.25, 0.3) is 0 Å². The summed E-state index contributed by atoms with van der Waals surface area (Å²) >= 11 is 0. The summed E-state index contributed by atoms with van der Waals surface area (Å²) in [6.07, 6.45) is 12.1. The summed E-state index contributed by atoms with van der Waals surface area (Å²) in [6, 6.07) is 0.739. The largest absolute Gasteiger partial charge is 0.375 e. The van der Waals surface area contributed by atoms with E-state index in [4.69, 9.17) is 4.74 Å². The molecule has 1 spiro atoms. The van der Waals surface area contributed by atoms with Crippen molar-refractivity contribution in [1.29, 1.82) is 0 Å². The quantitative estimate of drug-likeness (QED) is 0.695. The summed E-state index contributed by atoms with van der Waals surface area (Å²) in [6.45, 7) is 6.65. The van der Waals surface area contributed by atoms with Gasteiger partial charge in [-0.25, -0.2) is 0 Å². The zero-order valence-electron chi connectivity index (χ0n) is 12.3. The molecule has 2 fully saturated rings. The third-order valence-corrected chi connectivity index (χ3v) is 4.95. The highest BCUT2D eigenvalue weighted by atomic mass is 16.5. The molecule has 2 aliphatic rings. The van der Waals surface area contributed by atoms with E-state index in [-0.39, 0.29) is 0 Å². The van der Waals surface area contributed by atoms with Crippen LogP contribution in [-0.4, -0.2) is 24.8 Å². The van der Waals surface area contributed by atoms with Crippen LogP contribution < -0.4 is 5.32 Å². The van der Waals surface area contributed by atoms with Crippen LogP contribution >= 0.6 is 0 Å². The molecule has 18 heavy (non-hydrogen) atoms. The van der Waals surface area contributed by atoms with E-state index in [0.717, 1.165) is 25.1 Å². The first-order valence-corrected chi connectivity index (χ1v) is 8.17. The standard InChI is InChI=1S/C16H31NO/c1-3-5-6-8-15(17-4-2)14-9-12-18-16(13-14)10-7-11-16/h14-15,17H,3-13H2,1-2H3. The summed E-state index contributed by atoms with van der Waals surface area (Å²) in [5, 5.41) is 3.74. The number of rotatable bonds is 7. The van der Waals surface area contributed by atoms with Crippen LogP contribution in [0.3, 0.4) is 0 Å². The Hall–Kier alpha value is -0.0800. The first kappa shape index (κ1) is 14.3. The lowest BCUT2D eigenvalue weighted by atomic mass is 9.70. The van der Waals surface area contributed by atoms with Crippen molar-refractivity contribution in [2.75, 3.05) is 13.2 Å². The Balaban J connectivity index is 1.84. The maximum atomic E-state index is 6.06. The molecule has 0 amide bonds. The minimum absolute atomic E-state index is 0.307. The van der Waals surface area contributed by atoms with Gasteiger partial charge in [0.15, 0.2) is 0 Å². The lowest BCUT2D eigenvalue weighted by molar-refractivity contribution is -0.147. The monoisotopic (exact) mass is 253 g/mol.